The zero-order chi connectivity index (χ0) is 34.0. The molecule has 1 aliphatic rings. The molecule has 0 amide bonds. The molecule has 0 saturated carbocycles. The first kappa shape index (κ1) is 35.6. The Labute approximate surface area is 295 Å². The second kappa shape index (κ2) is 17.1. The van der Waals surface area contributed by atoms with E-state index in [1.165, 1.54) is 30.8 Å². The van der Waals surface area contributed by atoms with Crippen LogP contribution in [0.3, 0.4) is 0 Å². The van der Waals surface area contributed by atoms with Crippen molar-refractivity contribution in [2.24, 2.45) is 5.92 Å². The van der Waals surface area contributed by atoms with Crippen LogP contribution in [-0.2, 0) is 27.2 Å². The van der Waals surface area contributed by atoms with Crippen LogP contribution in [0.2, 0.25) is 10.0 Å². The standard InChI is InChI=1S/C36H39Cl2N3O6S/c1-41-15-7-8-23(21-41)22-46-36(43)34(24-9-5-4-6-10-24)40-18-26-12-14-33(48-26)35(42)47-31(17-27-28(37)19-39-20-29(27)38)25-11-13-30(44-2)32(16-25)45-3/h4-6,9-14,16,19-20,23,31,34,40H,7-8,15,17-18,21-22H2,1-3H3/t23-,31+,34?/m1/s1. The molecule has 2 aromatic carbocycles. The number of piperidine rings is 1. The minimum Gasteiger partial charge on any atom is -0.493 e. The zero-order valence-electron chi connectivity index (χ0n) is 27.1. The van der Waals surface area contributed by atoms with Gasteiger partial charge in [-0.15, -0.1) is 11.3 Å². The number of hydrogen-bond donors (Lipinski definition) is 1. The largest absolute Gasteiger partial charge is 0.493 e. The fourth-order valence-electron chi connectivity index (χ4n) is 5.75. The summed E-state index contributed by atoms with van der Waals surface area (Å²) >= 11 is 14.2. The zero-order valence-corrected chi connectivity index (χ0v) is 29.4. The number of ether oxygens (including phenoxy) is 4. The van der Waals surface area contributed by atoms with E-state index in [0.29, 0.717) is 56.6 Å². The molecule has 0 radical (unpaired) electrons. The molecule has 1 fully saturated rings. The number of carbonyl (C=O) groups excluding carboxylic acids is 2. The molecule has 1 N–H and O–H groups in total. The Morgan fingerprint density at radius 2 is 1.75 bits per heavy atom. The maximum Gasteiger partial charge on any atom is 0.348 e. The van der Waals surface area contributed by atoms with Crippen molar-refractivity contribution in [1.82, 2.24) is 15.2 Å². The fraction of sp³-hybridized carbons (Fsp3) is 0.361. The van der Waals surface area contributed by atoms with E-state index >= 15 is 0 Å². The van der Waals surface area contributed by atoms with Gasteiger partial charge in [-0.2, -0.15) is 0 Å². The summed E-state index contributed by atoms with van der Waals surface area (Å²) in [6, 6.07) is 17.7. The van der Waals surface area contributed by atoms with Crippen LogP contribution >= 0.6 is 34.5 Å². The Balaban J connectivity index is 1.29. The van der Waals surface area contributed by atoms with Crippen LogP contribution in [0.25, 0.3) is 0 Å². The Hall–Kier alpha value is -3.67. The smallest absolute Gasteiger partial charge is 0.348 e. The highest BCUT2D eigenvalue weighted by atomic mass is 35.5. The van der Waals surface area contributed by atoms with Crippen LogP contribution < -0.4 is 14.8 Å². The van der Waals surface area contributed by atoms with Gasteiger partial charge in [0.15, 0.2) is 11.5 Å². The number of methoxy groups -OCH3 is 2. The van der Waals surface area contributed by atoms with Gasteiger partial charge in [-0.25, -0.2) is 9.59 Å². The number of nitrogens with zero attached hydrogens (tertiary/aromatic N) is 2. The molecule has 9 nitrogen and oxygen atoms in total. The number of hydrogen-bond acceptors (Lipinski definition) is 10. The quantitative estimate of drug-likeness (QED) is 0.135. The first-order valence-electron chi connectivity index (χ1n) is 15.7. The number of benzene rings is 2. The molecule has 5 rings (SSSR count). The minimum atomic E-state index is -0.750. The van der Waals surface area contributed by atoms with Crippen molar-refractivity contribution in [3.05, 3.63) is 110 Å². The molecule has 254 valence electrons. The van der Waals surface area contributed by atoms with Crippen LogP contribution in [-0.4, -0.2) is 62.8 Å². The molecule has 48 heavy (non-hydrogen) atoms. The minimum absolute atomic E-state index is 0.208. The number of rotatable bonds is 14. The maximum atomic E-state index is 13.6. The Bertz CT molecular complexity index is 1670. The van der Waals surface area contributed by atoms with Crippen molar-refractivity contribution < 1.29 is 28.5 Å². The van der Waals surface area contributed by atoms with Crippen LogP contribution in [0.4, 0.5) is 0 Å². The predicted octanol–water partition coefficient (Wildman–Crippen LogP) is 7.32. The lowest BCUT2D eigenvalue weighted by atomic mass is 9.99. The highest BCUT2D eigenvalue weighted by molar-refractivity contribution is 7.13. The van der Waals surface area contributed by atoms with Crippen molar-refractivity contribution in [3.8, 4) is 11.5 Å². The van der Waals surface area contributed by atoms with Crippen LogP contribution in [0, 0.1) is 5.92 Å². The van der Waals surface area contributed by atoms with Gasteiger partial charge in [0.25, 0.3) is 0 Å². The lowest BCUT2D eigenvalue weighted by Gasteiger charge is -2.29. The maximum absolute atomic E-state index is 13.6. The highest BCUT2D eigenvalue weighted by Gasteiger charge is 2.26. The van der Waals surface area contributed by atoms with Crippen molar-refractivity contribution in [2.75, 3.05) is 41.0 Å². The summed E-state index contributed by atoms with van der Waals surface area (Å²) < 4.78 is 22.8. The Kier molecular flexibility index (Phi) is 12.7. The van der Waals surface area contributed by atoms with Crippen LogP contribution in [0.15, 0.2) is 73.1 Å². The van der Waals surface area contributed by atoms with Gasteiger partial charge in [-0.1, -0.05) is 59.6 Å². The molecular weight excluding hydrogens is 673 g/mol. The van der Waals surface area contributed by atoms with Gasteiger partial charge in [0, 0.05) is 42.7 Å². The number of carbonyl (C=O) groups is 2. The monoisotopic (exact) mass is 711 g/mol. The van der Waals surface area contributed by atoms with E-state index in [1.54, 1.807) is 31.4 Å². The second-order valence-corrected chi connectivity index (χ2v) is 13.7. The molecule has 3 atom stereocenters. The van der Waals surface area contributed by atoms with E-state index < -0.39 is 18.1 Å². The highest BCUT2D eigenvalue weighted by Crippen LogP contribution is 2.36. The SMILES string of the molecule is COc1ccc([C@H](Cc2c(Cl)cncc2Cl)OC(=O)c2ccc(CNC(C(=O)OC[C@@H]3CCCN(C)C3)c3ccccc3)s2)cc1OC. The number of aromatic nitrogens is 1. The summed E-state index contributed by atoms with van der Waals surface area (Å²) in [6.07, 6.45) is 4.61. The third kappa shape index (κ3) is 9.27. The van der Waals surface area contributed by atoms with Gasteiger partial charge in [0.2, 0.25) is 0 Å². The normalized spacial score (nSPS) is 16.1. The van der Waals surface area contributed by atoms with E-state index in [1.807, 2.05) is 36.4 Å². The molecular formula is C36H39Cl2N3O6S. The molecule has 1 aliphatic heterocycles. The Morgan fingerprint density at radius 1 is 1.00 bits per heavy atom. The first-order chi connectivity index (χ1) is 23.2. The van der Waals surface area contributed by atoms with E-state index in [0.717, 1.165) is 36.4 Å². The van der Waals surface area contributed by atoms with Crippen molar-refractivity contribution in [1.29, 1.82) is 0 Å². The molecule has 0 bridgehead atoms. The summed E-state index contributed by atoms with van der Waals surface area (Å²) in [5.41, 5.74) is 2.09. The van der Waals surface area contributed by atoms with Gasteiger partial charge < -0.3 is 23.8 Å². The van der Waals surface area contributed by atoms with Crippen LogP contribution in [0.5, 0.6) is 11.5 Å². The summed E-state index contributed by atoms with van der Waals surface area (Å²) in [5, 5.41) is 4.08. The molecule has 0 spiro atoms. The van der Waals surface area contributed by atoms with Gasteiger partial charge in [0.1, 0.15) is 17.0 Å². The molecule has 2 aromatic heterocycles. The topological polar surface area (TPSA) is 99.2 Å². The molecule has 1 unspecified atom stereocenters. The van der Waals surface area contributed by atoms with Gasteiger partial charge in [-0.05, 0) is 67.4 Å². The predicted molar refractivity (Wildman–Crippen MR) is 187 cm³/mol. The summed E-state index contributed by atoms with van der Waals surface area (Å²) in [7, 11) is 5.18. The van der Waals surface area contributed by atoms with Crippen LogP contribution in [0.1, 0.15) is 56.2 Å². The van der Waals surface area contributed by atoms with Gasteiger partial charge in [-0.3, -0.25) is 10.3 Å². The molecule has 12 heteroatoms. The molecule has 1 saturated heterocycles. The van der Waals surface area contributed by atoms with E-state index in [-0.39, 0.29) is 12.4 Å². The van der Waals surface area contributed by atoms with E-state index in [2.05, 4.69) is 22.2 Å². The van der Waals surface area contributed by atoms with E-state index in [9.17, 15) is 9.59 Å². The van der Waals surface area contributed by atoms with E-state index in [4.69, 9.17) is 42.1 Å². The summed E-state index contributed by atoms with van der Waals surface area (Å²) in [5.74, 6) is 0.523. The van der Waals surface area contributed by atoms with Gasteiger partial charge in [0.05, 0.1) is 30.9 Å². The first-order valence-corrected chi connectivity index (χ1v) is 17.3. The number of likely N-dealkylation sites (tertiary alicyclic amines) is 1. The molecule has 3 heterocycles. The van der Waals surface area contributed by atoms with Crippen molar-refractivity contribution >= 4 is 46.5 Å². The lowest BCUT2D eigenvalue weighted by Crippen LogP contribution is -2.36. The summed E-state index contributed by atoms with van der Waals surface area (Å²) in [4.78, 5) is 34.5. The van der Waals surface area contributed by atoms with Crippen molar-refractivity contribution in [2.45, 2.75) is 38.0 Å². The number of halogens is 2. The van der Waals surface area contributed by atoms with Gasteiger partial charge >= 0.3 is 11.9 Å². The average molecular weight is 713 g/mol. The third-order valence-corrected chi connectivity index (χ3v) is 9.98. The number of esters is 2. The molecule has 4 aromatic rings. The molecule has 0 aliphatic carbocycles. The van der Waals surface area contributed by atoms with Crippen molar-refractivity contribution in [3.63, 3.8) is 0 Å². The lowest BCUT2D eigenvalue weighted by molar-refractivity contribution is -0.148. The second-order valence-electron chi connectivity index (χ2n) is 11.7. The Morgan fingerprint density at radius 3 is 2.46 bits per heavy atom. The number of thiophene rings is 1. The average Bonchev–Trinajstić information content (AvgIpc) is 3.58. The fourth-order valence-corrected chi connectivity index (χ4v) is 7.11. The summed E-state index contributed by atoms with van der Waals surface area (Å²) in [6.45, 7) is 2.72. The number of pyridine rings is 1. The third-order valence-electron chi connectivity index (χ3n) is 8.27. The number of nitrogens with one attached hydrogen (secondary N) is 1.